The molecule has 5 nitrogen and oxygen atoms in total. The quantitative estimate of drug-likeness (QED) is 0.718. The molecule has 0 unspecified atom stereocenters. The van der Waals surface area contributed by atoms with Crippen LogP contribution < -0.4 is 10.1 Å². The van der Waals surface area contributed by atoms with E-state index in [1.165, 1.54) is 0 Å². The second-order valence-corrected chi connectivity index (χ2v) is 3.04. The van der Waals surface area contributed by atoms with Crippen LogP contribution in [0.3, 0.4) is 0 Å². The maximum atomic E-state index is 10.2. The SMILES string of the molecule is COc1cc(CCCNC(=O)O)ccn1. The first kappa shape index (κ1) is 11.3. The number of aromatic nitrogens is 1. The molecule has 5 heteroatoms. The minimum absolute atomic E-state index is 0.458. The molecule has 0 fully saturated rings. The molecule has 0 bridgehead atoms. The zero-order valence-electron chi connectivity index (χ0n) is 8.56. The summed E-state index contributed by atoms with van der Waals surface area (Å²) in [5.74, 6) is 0.582. The third kappa shape index (κ3) is 4.30. The van der Waals surface area contributed by atoms with Gasteiger partial charge in [0.1, 0.15) is 0 Å². The van der Waals surface area contributed by atoms with Crippen LogP contribution in [0.5, 0.6) is 5.88 Å². The number of amides is 1. The van der Waals surface area contributed by atoms with Gasteiger partial charge in [-0.05, 0) is 24.5 Å². The average molecular weight is 210 g/mol. The van der Waals surface area contributed by atoms with E-state index < -0.39 is 6.09 Å². The van der Waals surface area contributed by atoms with Crippen molar-refractivity contribution in [1.82, 2.24) is 10.3 Å². The van der Waals surface area contributed by atoms with E-state index in [0.29, 0.717) is 12.4 Å². The number of pyridine rings is 1. The van der Waals surface area contributed by atoms with E-state index in [0.717, 1.165) is 18.4 Å². The number of aryl methyl sites for hydroxylation is 1. The summed E-state index contributed by atoms with van der Waals surface area (Å²) in [4.78, 5) is 14.2. The number of carbonyl (C=O) groups is 1. The van der Waals surface area contributed by atoms with Gasteiger partial charge in [0.15, 0.2) is 0 Å². The summed E-state index contributed by atoms with van der Waals surface area (Å²) in [7, 11) is 1.57. The van der Waals surface area contributed by atoms with Crippen molar-refractivity contribution in [2.24, 2.45) is 0 Å². The lowest BCUT2D eigenvalue weighted by molar-refractivity contribution is 0.194. The first-order valence-electron chi connectivity index (χ1n) is 4.68. The van der Waals surface area contributed by atoms with E-state index >= 15 is 0 Å². The van der Waals surface area contributed by atoms with E-state index in [1.807, 2.05) is 12.1 Å². The number of nitrogens with one attached hydrogen (secondary N) is 1. The number of methoxy groups -OCH3 is 1. The maximum Gasteiger partial charge on any atom is 0.404 e. The summed E-state index contributed by atoms with van der Waals surface area (Å²) < 4.78 is 4.98. The average Bonchev–Trinajstić information content (AvgIpc) is 2.24. The van der Waals surface area contributed by atoms with Gasteiger partial charge < -0.3 is 15.2 Å². The molecular weight excluding hydrogens is 196 g/mol. The van der Waals surface area contributed by atoms with Gasteiger partial charge in [-0.15, -0.1) is 0 Å². The van der Waals surface area contributed by atoms with Gasteiger partial charge in [0.25, 0.3) is 0 Å². The molecule has 1 aromatic rings. The Labute approximate surface area is 88.1 Å². The molecule has 0 aliphatic rings. The number of carboxylic acid groups (broad SMARTS) is 1. The lowest BCUT2D eigenvalue weighted by Crippen LogP contribution is -2.22. The van der Waals surface area contributed by atoms with Crippen molar-refractivity contribution in [2.45, 2.75) is 12.8 Å². The highest BCUT2D eigenvalue weighted by molar-refractivity contribution is 5.64. The van der Waals surface area contributed by atoms with Crippen molar-refractivity contribution in [3.8, 4) is 5.88 Å². The molecule has 1 heterocycles. The van der Waals surface area contributed by atoms with Crippen LogP contribution in [0, 0.1) is 0 Å². The van der Waals surface area contributed by atoms with Crippen molar-refractivity contribution < 1.29 is 14.6 Å². The Morgan fingerprint density at radius 3 is 3.13 bits per heavy atom. The number of rotatable bonds is 5. The smallest absolute Gasteiger partial charge is 0.404 e. The van der Waals surface area contributed by atoms with Crippen LogP contribution in [0.15, 0.2) is 18.3 Å². The number of ether oxygens (including phenoxy) is 1. The first-order chi connectivity index (χ1) is 7.22. The minimum Gasteiger partial charge on any atom is -0.481 e. The number of nitrogens with zero attached hydrogens (tertiary/aromatic N) is 1. The summed E-state index contributed by atoms with van der Waals surface area (Å²) in [5, 5.41) is 10.7. The summed E-state index contributed by atoms with van der Waals surface area (Å²) in [6.45, 7) is 0.458. The molecule has 0 spiro atoms. The fraction of sp³-hybridized carbons (Fsp3) is 0.400. The van der Waals surface area contributed by atoms with Gasteiger partial charge in [-0.3, -0.25) is 0 Å². The van der Waals surface area contributed by atoms with Crippen LogP contribution in [-0.2, 0) is 6.42 Å². The largest absolute Gasteiger partial charge is 0.481 e. The van der Waals surface area contributed by atoms with Gasteiger partial charge in [0.05, 0.1) is 7.11 Å². The second kappa shape index (κ2) is 5.85. The van der Waals surface area contributed by atoms with Gasteiger partial charge in [0, 0.05) is 18.8 Å². The normalized spacial score (nSPS) is 9.67. The molecule has 0 atom stereocenters. The van der Waals surface area contributed by atoms with Crippen molar-refractivity contribution in [3.63, 3.8) is 0 Å². The van der Waals surface area contributed by atoms with Crippen LogP contribution in [0.25, 0.3) is 0 Å². The standard InChI is InChI=1S/C10H14N2O3/c1-15-9-7-8(4-6-11-9)3-2-5-12-10(13)14/h4,6-7,12H,2-3,5H2,1H3,(H,13,14). The van der Waals surface area contributed by atoms with Gasteiger partial charge in [-0.25, -0.2) is 9.78 Å². The second-order valence-electron chi connectivity index (χ2n) is 3.04. The van der Waals surface area contributed by atoms with Crippen molar-refractivity contribution in [2.75, 3.05) is 13.7 Å². The predicted octanol–water partition coefficient (Wildman–Crippen LogP) is 1.29. The van der Waals surface area contributed by atoms with E-state index in [2.05, 4.69) is 10.3 Å². The van der Waals surface area contributed by atoms with Gasteiger partial charge in [0.2, 0.25) is 5.88 Å². The molecule has 82 valence electrons. The number of hydrogen-bond donors (Lipinski definition) is 2. The van der Waals surface area contributed by atoms with E-state index in [9.17, 15) is 4.79 Å². The Bertz CT molecular complexity index is 328. The van der Waals surface area contributed by atoms with Crippen molar-refractivity contribution >= 4 is 6.09 Å². The summed E-state index contributed by atoms with van der Waals surface area (Å²) >= 11 is 0. The van der Waals surface area contributed by atoms with Crippen LogP contribution in [0.2, 0.25) is 0 Å². The van der Waals surface area contributed by atoms with Gasteiger partial charge in [-0.1, -0.05) is 0 Å². The molecule has 1 rings (SSSR count). The number of hydrogen-bond acceptors (Lipinski definition) is 3. The highest BCUT2D eigenvalue weighted by Gasteiger charge is 1.98. The molecule has 15 heavy (non-hydrogen) atoms. The topological polar surface area (TPSA) is 71.5 Å². The third-order valence-electron chi connectivity index (χ3n) is 1.93. The Hall–Kier alpha value is -1.78. The molecular formula is C10H14N2O3. The summed E-state index contributed by atoms with van der Waals surface area (Å²) in [6.07, 6.45) is 2.26. The van der Waals surface area contributed by atoms with Crippen molar-refractivity contribution in [1.29, 1.82) is 0 Å². The molecule has 2 N–H and O–H groups in total. The van der Waals surface area contributed by atoms with Gasteiger partial charge in [-0.2, -0.15) is 0 Å². The minimum atomic E-state index is -0.984. The Morgan fingerprint density at radius 1 is 1.67 bits per heavy atom. The lowest BCUT2D eigenvalue weighted by Gasteiger charge is -2.03. The third-order valence-corrected chi connectivity index (χ3v) is 1.93. The highest BCUT2D eigenvalue weighted by Crippen LogP contribution is 2.09. The zero-order valence-corrected chi connectivity index (χ0v) is 8.56. The first-order valence-corrected chi connectivity index (χ1v) is 4.68. The monoisotopic (exact) mass is 210 g/mol. The molecule has 0 radical (unpaired) electrons. The van der Waals surface area contributed by atoms with E-state index in [4.69, 9.17) is 9.84 Å². The highest BCUT2D eigenvalue weighted by atomic mass is 16.5. The fourth-order valence-electron chi connectivity index (χ4n) is 1.21. The van der Waals surface area contributed by atoms with Gasteiger partial charge >= 0.3 is 6.09 Å². The molecule has 0 saturated carbocycles. The molecule has 0 saturated heterocycles. The van der Waals surface area contributed by atoms with Crippen LogP contribution in [0.1, 0.15) is 12.0 Å². The van der Waals surface area contributed by atoms with Crippen LogP contribution in [0.4, 0.5) is 4.79 Å². The summed E-state index contributed by atoms with van der Waals surface area (Å²) in [5.41, 5.74) is 1.09. The fourth-order valence-corrected chi connectivity index (χ4v) is 1.21. The molecule has 0 aromatic carbocycles. The molecule has 1 aromatic heterocycles. The Balaban J connectivity index is 2.33. The lowest BCUT2D eigenvalue weighted by atomic mass is 10.1. The van der Waals surface area contributed by atoms with Crippen LogP contribution >= 0.6 is 0 Å². The Morgan fingerprint density at radius 2 is 2.47 bits per heavy atom. The van der Waals surface area contributed by atoms with E-state index in [1.54, 1.807) is 13.3 Å². The van der Waals surface area contributed by atoms with E-state index in [-0.39, 0.29) is 0 Å². The summed E-state index contributed by atoms with van der Waals surface area (Å²) in [6, 6.07) is 3.74. The Kier molecular flexibility index (Phi) is 4.40. The van der Waals surface area contributed by atoms with Crippen molar-refractivity contribution in [3.05, 3.63) is 23.9 Å². The maximum absolute atomic E-state index is 10.2. The molecule has 0 aliphatic carbocycles. The van der Waals surface area contributed by atoms with Crippen LogP contribution in [-0.4, -0.2) is 29.8 Å². The molecule has 1 amide bonds. The zero-order chi connectivity index (χ0) is 11.1. The molecule has 0 aliphatic heterocycles. The predicted molar refractivity (Wildman–Crippen MR) is 55.1 cm³/mol.